The summed E-state index contributed by atoms with van der Waals surface area (Å²) < 4.78 is 4.54. The number of amides is 2. The first-order chi connectivity index (χ1) is 8.04. The van der Waals surface area contributed by atoms with Gasteiger partial charge >= 0.3 is 12.0 Å². The Morgan fingerprint density at radius 3 is 2.53 bits per heavy atom. The number of methoxy groups -OCH3 is 1. The van der Waals surface area contributed by atoms with Crippen LogP contribution in [0.25, 0.3) is 0 Å². The molecule has 2 N–H and O–H groups in total. The zero-order valence-electron chi connectivity index (χ0n) is 10.8. The molecule has 5 heteroatoms. The molecule has 0 aromatic heterocycles. The molecular weight excluding hydrogens is 220 g/mol. The Hall–Kier alpha value is -1.26. The number of hydrogen-bond acceptors (Lipinski definition) is 3. The Balaban J connectivity index is 2.35. The lowest BCUT2D eigenvalue weighted by Gasteiger charge is -2.29. The van der Waals surface area contributed by atoms with Crippen molar-refractivity contribution >= 4 is 12.0 Å². The maximum atomic E-state index is 11.7. The van der Waals surface area contributed by atoms with Gasteiger partial charge in [-0.15, -0.1) is 0 Å². The number of esters is 1. The van der Waals surface area contributed by atoms with Gasteiger partial charge in [0, 0.05) is 6.04 Å². The molecule has 1 aliphatic rings. The SMILES string of the molecule is COC(=O)[C@H](C)NC(=O)N[C@H]1CCCC[C@@H]1C. The van der Waals surface area contributed by atoms with Crippen molar-refractivity contribution < 1.29 is 14.3 Å². The second-order valence-electron chi connectivity index (χ2n) is 4.73. The van der Waals surface area contributed by atoms with Gasteiger partial charge < -0.3 is 15.4 Å². The van der Waals surface area contributed by atoms with E-state index in [9.17, 15) is 9.59 Å². The van der Waals surface area contributed by atoms with Crippen LogP contribution in [0.5, 0.6) is 0 Å². The van der Waals surface area contributed by atoms with Gasteiger partial charge in [0.05, 0.1) is 7.11 Å². The molecule has 0 unspecified atom stereocenters. The predicted octanol–water partition coefficient (Wildman–Crippen LogP) is 1.43. The third-order valence-electron chi connectivity index (χ3n) is 3.33. The summed E-state index contributed by atoms with van der Waals surface area (Å²) in [6.07, 6.45) is 4.56. The van der Waals surface area contributed by atoms with E-state index in [4.69, 9.17) is 0 Å². The molecule has 1 saturated carbocycles. The molecule has 17 heavy (non-hydrogen) atoms. The Morgan fingerprint density at radius 2 is 1.94 bits per heavy atom. The van der Waals surface area contributed by atoms with Gasteiger partial charge in [-0.25, -0.2) is 9.59 Å². The summed E-state index contributed by atoms with van der Waals surface area (Å²) in [4.78, 5) is 22.8. The van der Waals surface area contributed by atoms with Gasteiger partial charge in [0.1, 0.15) is 6.04 Å². The molecule has 0 aromatic carbocycles. The van der Waals surface area contributed by atoms with E-state index in [-0.39, 0.29) is 12.1 Å². The minimum atomic E-state index is -0.612. The molecule has 0 radical (unpaired) electrons. The van der Waals surface area contributed by atoms with Crippen molar-refractivity contribution in [1.29, 1.82) is 0 Å². The van der Waals surface area contributed by atoms with Crippen LogP contribution in [0, 0.1) is 5.92 Å². The first-order valence-corrected chi connectivity index (χ1v) is 6.19. The van der Waals surface area contributed by atoms with Gasteiger partial charge in [0.15, 0.2) is 0 Å². The molecule has 1 rings (SSSR count). The molecule has 1 fully saturated rings. The lowest BCUT2D eigenvalue weighted by Crippen LogP contribution is -2.50. The molecule has 3 atom stereocenters. The number of carbonyl (C=O) groups excluding carboxylic acids is 2. The van der Waals surface area contributed by atoms with E-state index in [1.807, 2.05) is 0 Å². The van der Waals surface area contributed by atoms with Gasteiger partial charge in [0.25, 0.3) is 0 Å². The standard InChI is InChI=1S/C12H22N2O3/c1-8-6-4-5-7-10(8)14-12(16)13-9(2)11(15)17-3/h8-10H,4-7H2,1-3H3,(H2,13,14,16)/t8-,9-,10-/m0/s1. The number of nitrogens with one attached hydrogen (secondary N) is 2. The zero-order chi connectivity index (χ0) is 12.8. The minimum Gasteiger partial charge on any atom is -0.467 e. The number of carbonyl (C=O) groups is 2. The number of hydrogen-bond donors (Lipinski definition) is 2. The number of ether oxygens (including phenoxy) is 1. The average molecular weight is 242 g/mol. The highest BCUT2D eigenvalue weighted by Gasteiger charge is 2.24. The van der Waals surface area contributed by atoms with Crippen LogP contribution in [-0.4, -0.2) is 31.2 Å². The number of urea groups is 1. The van der Waals surface area contributed by atoms with Crippen molar-refractivity contribution in [3.05, 3.63) is 0 Å². The van der Waals surface area contributed by atoms with Crippen molar-refractivity contribution in [3.63, 3.8) is 0 Å². The third kappa shape index (κ3) is 4.24. The van der Waals surface area contributed by atoms with Crippen LogP contribution in [0.3, 0.4) is 0 Å². The molecular formula is C12H22N2O3. The van der Waals surface area contributed by atoms with Gasteiger partial charge in [-0.2, -0.15) is 0 Å². The van der Waals surface area contributed by atoms with Crippen LogP contribution < -0.4 is 10.6 Å². The highest BCUT2D eigenvalue weighted by molar-refractivity contribution is 5.83. The van der Waals surface area contributed by atoms with Crippen molar-refractivity contribution in [2.75, 3.05) is 7.11 Å². The van der Waals surface area contributed by atoms with E-state index < -0.39 is 12.0 Å². The van der Waals surface area contributed by atoms with E-state index in [0.29, 0.717) is 5.92 Å². The summed E-state index contributed by atoms with van der Waals surface area (Å²) in [5, 5.41) is 5.49. The molecule has 0 heterocycles. The summed E-state index contributed by atoms with van der Waals surface area (Å²) in [7, 11) is 1.31. The summed E-state index contributed by atoms with van der Waals surface area (Å²) in [6.45, 7) is 3.75. The zero-order valence-corrected chi connectivity index (χ0v) is 10.8. The third-order valence-corrected chi connectivity index (χ3v) is 3.33. The second-order valence-corrected chi connectivity index (χ2v) is 4.73. The summed E-state index contributed by atoms with van der Waals surface area (Å²) in [5.74, 6) is 0.0692. The van der Waals surface area contributed by atoms with Crippen molar-refractivity contribution in [1.82, 2.24) is 10.6 Å². The Labute approximate surface area is 102 Å². The van der Waals surface area contributed by atoms with Crippen LogP contribution in [0.2, 0.25) is 0 Å². The molecule has 0 bridgehead atoms. The fourth-order valence-electron chi connectivity index (χ4n) is 2.17. The molecule has 2 amide bonds. The first kappa shape index (κ1) is 13.8. The van der Waals surface area contributed by atoms with Crippen LogP contribution >= 0.6 is 0 Å². The quantitative estimate of drug-likeness (QED) is 0.736. The minimum absolute atomic E-state index is 0.216. The second kappa shape index (κ2) is 6.47. The molecule has 0 saturated heterocycles. The molecule has 1 aliphatic carbocycles. The maximum Gasteiger partial charge on any atom is 0.328 e. The first-order valence-electron chi connectivity index (χ1n) is 6.19. The largest absolute Gasteiger partial charge is 0.467 e. The fourth-order valence-corrected chi connectivity index (χ4v) is 2.17. The topological polar surface area (TPSA) is 67.4 Å². The fraction of sp³-hybridized carbons (Fsp3) is 0.833. The predicted molar refractivity (Wildman–Crippen MR) is 64.6 cm³/mol. The summed E-state index contributed by atoms with van der Waals surface area (Å²) in [6, 6.07) is -0.686. The van der Waals surface area contributed by atoms with Gasteiger partial charge in [-0.3, -0.25) is 0 Å². The smallest absolute Gasteiger partial charge is 0.328 e. The molecule has 5 nitrogen and oxygen atoms in total. The van der Waals surface area contributed by atoms with Crippen LogP contribution in [0.1, 0.15) is 39.5 Å². The van der Waals surface area contributed by atoms with Gasteiger partial charge in [0.2, 0.25) is 0 Å². The molecule has 98 valence electrons. The normalized spacial score (nSPS) is 25.8. The van der Waals surface area contributed by atoms with Crippen molar-refractivity contribution in [3.8, 4) is 0 Å². The van der Waals surface area contributed by atoms with Crippen LogP contribution in [0.4, 0.5) is 4.79 Å². The van der Waals surface area contributed by atoms with E-state index in [1.54, 1.807) is 6.92 Å². The lowest BCUT2D eigenvalue weighted by atomic mass is 9.86. The summed E-state index contributed by atoms with van der Waals surface area (Å²) >= 11 is 0. The van der Waals surface area contributed by atoms with Gasteiger partial charge in [-0.1, -0.05) is 19.8 Å². The number of rotatable bonds is 3. The Kier molecular flexibility index (Phi) is 5.25. The van der Waals surface area contributed by atoms with E-state index in [2.05, 4.69) is 22.3 Å². The van der Waals surface area contributed by atoms with E-state index in [1.165, 1.54) is 13.5 Å². The Morgan fingerprint density at radius 1 is 1.29 bits per heavy atom. The highest BCUT2D eigenvalue weighted by atomic mass is 16.5. The van der Waals surface area contributed by atoms with Crippen molar-refractivity contribution in [2.45, 2.75) is 51.6 Å². The van der Waals surface area contributed by atoms with Crippen LogP contribution in [-0.2, 0) is 9.53 Å². The van der Waals surface area contributed by atoms with Gasteiger partial charge in [-0.05, 0) is 25.7 Å². The highest BCUT2D eigenvalue weighted by Crippen LogP contribution is 2.23. The molecule has 0 spiro atoms. The lowest BCUT2D eigenvalue weighted by molar-refractivity contribution is -0.142. The monoisotopic (exact) mass is 242 g/mol. The van der Waals surface area contributed by atoms with E-state index in [0.717, 1.165) is 19.3 Å². The van der Waals surface area contributed by atoms with E-state index >= 15 is 0 Å². The summed E-state index contributed by atoms with van der Waals surface area (Å²) in [5.41, 5.74) is 0. The average Bonchev–Trinajstić information content (AvgIpc) is 2.31. The molecule has 0 aromatic rings. The molecule has 0 aliphatic heterocycles. The van der Waals surface area contributed by atoms with Crippen LogP contribution in [0.15, 0.2) is 0 Å². The Bertz CT molecular complexity index is 281. The maximum absolute atomic E-state index is 11.7. The van der Waals surface area contributed by atoms with Crippen molar-refractivity contribution in [2.24, 2.45) is 5.92 Å².